The minimum Gasteiger partial charge on any atom is -0.193 e. The van der Waals surface area contributed by atoms with Crippen LogP contribution in [0.3, 0.4) is 0 Å². The molecule has 0 aromatic heterocycles. The Morgan fingerprint density at radius 3 is 1.96 bits per heavy atom. The first-order valence-corrected chi connectivity index (χ1v) is 10.5. The molecule has 2 aliphatic carbocycles. The Balaban J connectivity index is 1.59. The van der Waals surface area contributed by atoms with Crippen molar-refractivity contribution < 1.29 is 0 Å². The summed E-state index contributed by atoms with van der Waals surface area (Å²) in [5, 5.41) is 8.44. The van der Waals surface area contributed by atoms with Gasteiger partial charge in [-0.2, -0.15) is 5.26 Å². The average molecular weight is 328 g/mol. The summed E-state index contributed by atoms with van der Waals surface area (Å²) in [7, 11) is 0. The van der Waals surface area contributed by atoms with E-state index in [-0.39, 0.29) is 0 Å². The Morgan fingerprint density at radius 1 is 0.833 bits per heavy atom. The van der Waals surface area contributed by atoms with Gasteiger partial charge in [0.05, 0.1) is 6.07 Å². The second kappa shape index (κ2) is 11.5. The van der Waals surface area contributed by atoms with Crippen molar-refractivity contribution >= 4 is 0 Å². The highest BCUT2D eigenvalue weighted by atomic mass is 14.4. The molecule has 0 aromatic rings. The second-order valence-electron chi connectivity index (χ2n) is 8.20. The molecule has 0 unspecified atom stereocenters. The molecule has 0 aromatic carbocycles. The lowest BCUT2D eigenvalue weighted by Crippen LogP contribution is -2.25. The summed E-state index contributed by atoms with van der Waals surface area (Å²) < 4.78 is 0. The summed E-state index contributed by atoms with van der Waals surface area (Å²) in [6.45, 7) is 2.32. The smallest absolute Gasteiger partial charge is 0.0912 e. The molecule has 0 N–H and O–H groups in total. The monoisotopic (exact) mass is 327 g/mol. The number of hydrogen-bond donors (Lipinski definition) is 0. The fourth-order valence-electron chi connectivity index (χ4n) is 4.99. The van der Waals surface area contributed by atoms with Crippen LogP contribution >= 0.6 is 0 Å². The topological polar surface area (TPSA) is 23.8 Å². The molecular weight excluding hydrogens is 290 g/mol. The van der Waals surface area contributed by atoms with Crippen molar-refractivity contribution in [3.63, 3.8) is 0 Å². The van der Waals surface area contributed by atoms with Gasteiger partial charge in [0.25, 0.3) is 0 Å². The zero-order valence-corrected chi connectivity index (χ0v) is 15.8. The van der Waals surface area contributed by atoms with Gasteiger partial charge in [0.2, 0.25) is 0 Å². The van der Waals surface area contributed by atoms with Gasteiger partial charge >= 0.3 is 0 Å². The van der Waals surface area contributed by atoms with E-state index in [4.69, 9.17) is 5.26 Å². The molecule has 0 amide bonds. The second-order valence-corrected chi connectivity index (χ2v) is 8.20. The molecular formula is C23H37N. The first-order valence-electron chi connectivity index (χ1n) is 10.5. The van der Waals surface area contributed by atoms with E-state index in [9.17, 15) is 0 Å². The number of unbranched alkanes of at least 4 members (excludes halogenated alkanes) is 1. The zero-order valence-electron chi connectivity index (χ0n) is 15.8. The number of nitriles is 1. The standard InChI is InChI=1S/C23H37N/c1-2-3-9-20-11-15-22(16-12-20)23-17-13-21(14-18-23)10-7-5-4-6-8-19-24/h4-6,8,20-23H,2-3,7,9-18H2,1H3/t20-,21-,22-,23-. The lowest BCUT2D eigenvalue weighted by Gasteiger charge is -2.38. The van der Waals surface area contributed by atoms with Crippen LogP contribution in [0.25, 0.3) is 0 Å². The van der Waals surface area contributed by atoms with Crippen molar-refractivity contribution in [1.29, 1.82) is 5.26 Å². The highest BCUT2D eigenvalue weighted by Gasteiger charge is 2.30. The predicted octanol–water partition coefficient (Wildman–Crippen LogP) is 7.21. The molecule has 0 aliphatic heterocycles. The van der Waals surface area contributed by atoms with Crippen LogP contribution < -0.4 is 0 Å². The van der Waals surface area contributed by atoms with Crippen LogP contribution in [0.2, 0.25) is 0 Å². The van der Waals surface area contributed by atoms with E-state index < -0.39 is 0 Å². The number of rotatable bonds is 8. The zero-order chi connectivity index (χ0) is 17.0. The first-order chi connectivity index (χ1) is 11.8. The van der Waals surface area contributed by atoms with Gasteiger partial charge in [0.1, 0.15) is 0 Å². The molecule has 0 saturated heterocycles. The molecule has 24 heavy (non-hydrogen) atoms. The van der Waals surface area contributed by atoms with Crippen molar-refractivity contribution in [3.8, 4) is 6.07 Å². The number of allylic oxidation sites excluding steroid dienone is 4. The molecule has 0 atom stereocenters. The van der Waals surface area contributed by atoms with Gasteiger partial charge in [-0.05, 0) is 62.2 Å². The maximum atomic E-state index is 8.44. The number of nitrogens with zero attached hydrogens (tertiary/aromatic N) is 1. The van der Waals surface area contributed by atoms with Crippen LogP contribution in [0.5, 0.6) is 0 Å². The van der Waals surface area contributed by atoms with E-state index in [0.29, 0.717) is 0 Å². The van der Waals surface area contributed by atoms with Crippen molar-refractivity contribution in [3.05, 3.63) is 24.3 Å². The lowest BCUT2D eigenvalue weighted by molar-refractivity contribution is 0.141. The quantitative estimate of drug-likeness (QED) is 0.341. The van der Waals surface area contributed by atoms with Gasteiger partial charge in [0, 0.05) is 6.08 Å². The largest absolute Gasteiger partial charge is 0.193 e. The number of hydrogen-bond acceptors (Lipinski definition) is 1. The van der Waals surface area contributed by atoms with Gasteiger partial charge in [-0.15, -0.1) is 0 Å². The normalized spacial score (nSPS) is 31.5. The Labute approximate surface area is 150 Å². The third-order valence-corrected chi connectivity index (χ3v) is 6.57. The minimum absolute atomic E-state index is 0.951. The summed E-state index contributed by atoms with van der Waals surface area (Å²) in [5.74, 6) is 4.11. The molecule has 1 nitrogen and oxygen atoms in total. The average Bonchev–Trinajstić information content (AvgIpc) is 2.64. The van der Waals surface area contributed by atoms with Gasteiger partial charge in [0.15, 0.2) is 0 Å². The van der Waals surface area contributed by atoms with Crippen LogP contribution in [0.1, 0.15) is 90.4 Å². The van der Waals surface area contributed by atoms with Crippen molar-refractivity contribution in [2.45, 2.75) is 90.4 Å². The van der Waals surface area contributed by atoms with E-state index >= 15 is 0 Å². The van der Waals surface area contributed by atoms with Crippen LogP contribution in [0, 0.1) is 35.0 Å². The Morgan fingerprint density at radius 2 is 1.42 bits per heavy atom. The van der Waals surface area contributed by atoms with Gasteiger partial charge in [-0.3, -0.25) is 0 Å². The summed E-state index contributed by atoms with van der Waals surface area (Å²) in [4.78, 5) is 0. The SMILES string of the molecule is CCCC[C@H]1CC[C@H]([C@H]2CC[C@H](CCC=CC=CC#N)CC2)CC1. The predicted molar refractivity (Wildman–Crippen MR) is 104 cm³/mol. The minimum atomic E-state index is 0.951. The Bertz CT molecular complexity index is 412. The molecule has 0 radical (unpaired) electrons. The van der Waals surface area contributed by atoms with Crippen molar-refractivity contribution in [2.75, 3.05) is 0 Å². The Kier molecular flexibility index (Phi) is 9.26. The third-order valence-electron chi connectivity index (χ3n) is 6.57. The molecule has 0 spiro atoms. The molecule has 2 rings (SSSR count). The van der Waals surface area contributed by atoms with E-state index in [1.165, 1.54) is 83.5 Å². The highest BCUT2D eigenvalue weighted by Crippen LogP contribution is 2.43. The maximum Gasteiger partial charge on any atom is 0.0912 e. The van der Waals surface area contributed by atoms with E-state index in [0.717, 1.165) is 23.7 Å². The van der Waals surface area contributed by atoms with Gasteiger partial charge in [-0.1, -0.05) is 70.1 Å². The van der Waals surface area contributed by atoms with Crippen molar-refractivity contribution in [1.82, 2.24) is 0 Å². The molecule has 0 heterocycles. The fourth-order valence-corrected chi connectivity index (χ4v) is 4.99. The molecule has 0 bridgehead atoms. The molecule has 2 saturated carbocycles. The molecule has 1 heteroatoms. The Hall–Kier alpha value is -1.03. The summed E-state index contributed by atoms with van der Waals surface area (Å²) in [6, 6.07) is 2.02. The van der Waals surface area contributed by atoms with E-state index in [1.54, 1.807) is 6.08 Å². The fraction of sp³-hybridized carbons (Fsp3) is 0.783. The molecule has 134 valence electrons. The highest BCUT2D eigenvalue weighted by molar-refractivity contribution is 5.11. The van der Waals surface area contributed by atoms with E-state index in [2.05, 4.69) is 13.0 Å². The van der Waals surface area contributed by atoms with Crippen LogP contribution in [-0.4, -0.2) is 0 Å². The summed E-state index contributed by atoms with van der Waals surface area (Å²) in [5.41, 5.74) is 0. The van der Waals surface area contributed by atoms with Gasteiger partial charge < -0.3 is 0 Å². The molecule has 2 fully saturated rings. The lowest BCUT2D eigenvalue weighted by atomic mass is 9.68. The van der Waals surface area contributed by atoms with Gasteiger partial charge in [-0.25, -0.2) is 0 Å². The first kappa shape index (κ1) is 19.3. The third kappa shape index (κ3) is 6.84. The van der Waals surface area contributed by atoms with Crippen LogP contribution in [0.4, 0.5) is 0 Å². The van der Waals surface area contributed by atoms with Crippen LogP contribution in [0.15, 0.2) is 24.3 Å². The van der Waals surface area contributed by atoms with Crippen LogP contribution in [-0.2, 0) is 0 Å². The summed E-state index contributed by atoms with van der Waals surface area (Å²) in [6.07, 6.45) is 26.4. The van der Waals surface area contributed by atoms with E-state index in [1.807, 2.05) is 18.2 Å². The van der Waals surface area contributed by atoms with Crippen molar-refractivity contribution in [2.24, 2.45) is 23.7 Å². The summed E-state index contributed by atoms with van der Waals surface area (Å²) >= 11 is 0. The maximum absolute atomic E-state index is 8.44. The molecule has 2 aliphatic rings.